The van der Waals surface area contributed by atoms with E-state index in [4.69, 9.17) is 0 Å². The SMILES string of the molecule is Cc1ccc(-c2ccc(C)cc2N(c2ccccc2)c2ccccc2)cc1. The van der Waals surface area contributed by atoms with Gasteiger partial charge in [-0.1, -0.05) is 78.4 Å². The molecule has 0 atom stereocenters. The van der Waals surface area contributed by atoms with Crippen LogP contribution in [0.2, 0.25) is 0 Å². The van der Waals surface area contributed by atoms with Crippen LogP contribution in [0.5, 0.6) is 0 Å². The Morgan fingerprint density at radius 1 is 0.519 bits per heavy atom. The highest BCUT2D eigenvalue weighted by molar-refractivity contribution is 5.88. The van der Waals surface area contributed by atoms with Gasteiger partial charge in [-0.25, -0.2) is 0 Å². The van der Waals surface area contributed by atoms with Gasteiger partial charge in [0.25, 0.3) is 0 Å². The molecule has 0 saturated carbocycles. The highest BCUT2D eigenvalue weighted by Crippen LogP contribution is 2.40. The molecule has 0 amide bonds. The lowest BCUT2D eigenvalue weighted by Gasteiger charge is -2.28. The van der Waals surface area contributed by atoms with Gasteiger partial charge in [-0.2, -0.15) is 0 Å². The molecule has 1 nitrogen and oxygen atoms in total. The maximum Gasteiger partial charge on any atom is 0.0542 e. The molecular formula is C26H23N. The molecule has 0 aliphatic rings. The van der Waals surface area contributed by atoms with Crippen LogP contribution in [0.25, 0.3) is 11.1 Å². The van der Waals surface area contributed by atoms with Crippen LogP contribution in [0.4, 0.5) is 17.1 Å². The predicted molar refractivity (Wildman–Crippen MR) is 116 cm³/mol. The van der Waals surface area contributed by atoms with E-state index in [9.17, 15) is 0 Å². The number of hydrogen-bond acceptors (Lipinski definition) is 1. The van der Waals surface area contributed by atoms with Gasteiger partial charge in [0.2, 0.25) is 0 Å². The predicted octanol–water partition coefficient (Wildman–Crippen LogP) is 7.44. The standard InChI is InChI=1S/C26H23N/c1-20-13-16-22(17-14-20)25-18-15-21(2)19-26(25)27(23-9-5-3-6-10-23)24-11-7-4-8-12-24/h3-19H,1-2H3. The Kier molecular flexibility index (Phi) is 4.76. The average molecular weight is 349 g/mol. The van der Waals surface area contributed by atoms with E-state index in [2.05, 4.69) is 122 Å². The topological polar surface area (TPSA) is 3.24 Å². The van der Waals surface area contributed by atoms with E-state index >= 15 is 0 Å². The van der Waals surface area contributed by atoms with E-state index in [0.717, 1.165) is 11.4 Å². The van der Waals surface area contributed by atoms with Crippen LogP contribution in [-0.2, 0) is 0 Å². The van der Waals surface area contributed by atoms with Gasteiger partial charge in [-0.15, -0.1) is 0 Å². The summed E-state index contributed by atoms with van der Waals surface area (Å²) in [6.45, 7) is 4.27. The fourth-order valence-corrected chi connectivity index (χ4v) is 3.39. The first-order valence-electron chi connectivity index (χ1n) is 9.30. The van der Waals surface area contributed by atoms with Crippen molar-refractivity contribution in [3.05, 3.63) is 114 Å². The Bertz CT molecular complexity index is 979. The smallest absolute Gasteiger partial charge is 0.0542 e. The molecule has 0 aliphatic heterocycles. The van der Waals surface area contributed by atoms with Gasteiger partial charge in [0.1, 0.15) is 0 Å². The zero-order chi connectivity index (χ0) is 18.6. The molecule has 4 aromatic carbocycles. The first kappa shape index (κ1) is 17.1. The summed E-state index contributed by atoms with van der Waals surface area (Å²) in [4.78, 5) is 2.34. The molecule has 0 spiro atoms. The number of aryl methyl sites for hydroxylation is 2. The summed E-state index contributed by atoms with van der Waals surface area (Å²) >= 11 is 0. The molecule has 0 radical (unpaired) electrons. The summed E-state index contributed by atoms with van der Waals surface area (Å²) in [6.07, 6.45) is 0. The number of para-hydroxylation sites is 2. The molecule has 0 heterocycles. The normalized spacial score (nSPS) is 10.6. The van der Waals surface area contributed by atoms with Crippen molar-refractivity contribution in [1.29, 1.82) is 0 Å². The van der Waals surface area contributed by atoms with Crippen LogP contribution in [0.15, 0.2) is 103 Å². The van der Waals surface area contributed by atoms with E-state index in [1.54, 1.807) is 0 Å². The molecule has 0 unspecified atom stereocenters. The van der Waals surface area contributed by atoms with Gasteiger partial charge in [0, 0.05) is 16.9 Å². The zero-order valence-corrected chi connectivity index (χ0v) is 15.8. The van der Waals surface area contributed by atoms with Gasteiger partial charge < -0.3 is 4.90 Å². The maximum atomic E-state index is 2.34. The van der Waals surface area contributed by atoms with Crippen LogP contribution in [-0.4, -0.2) is 0 Å². The van der Waals surface area contributed by atoms with Crippen molar-refractivity contribution < 1.29 is 0 Å². The molecule has 0 aromatic heterocycles. The molecular weight excluding hydrogens is 326 g/mol. The lowest BCUT2D eigenvalue weighted by Crippen LogP contribution is -2.11. The van der Waals surface area contributed by atoms with Crippen molar-refractivity contribution in [1.82, 2.24) is 0 Å². The molecule has 0 saturated heterocycles. The minimum atomic E-state index is 1.16. The zero-order valence-electron chi connectivity index (χ0n) is 15.8. The van der Waals surface area contributed by atoms with Gasteiger partial charge in [-0.3, -0.25) is 0 Å². The van der Waals surface area contributed by atoms with Crippen molar-refractivity contribution in [3.63, 3.8) is 0 Å². The van der Waals surface area contributed by atoms with Crippen LogP contribution in [0, 0.1) is 13.8 Å². The number of benzene rings is 4. The minimum absolute atomic E-state index is 1.16. The third-order valence-electron chi connectivity index (χ3n) is 4.79. The number of rotatable bonds is 4. The Hall–Kier alpha value is -3.32. The van der Waals surface area contributed by atoms with Crippen LogP contribution < -0.4 is 4.90 Å². The molecule has 4 rings (SSSR count). The van der Waals surface area contributed by atoms with Crippen molar-refractivity contribution in [2.24, 2.45) is 0 Å². The van der Waals surface area contributed by atoms with Gasteiger partial charge in [0.05, 0.1) is 5.69 Å². The third-order valence-corrected chi connectivity index (χ3v) is 4.79. The monoisotopic (exact) mass is 349 g/mol. The van der Waals surface area contributed by atoms with Crippen molar-refractivity contribution in [2.75, 3.05) is 4.90 Å². The quantitative estimate of drug-likeness (QED) is 0.370. The molecule has 27 heavy (non-hydrogen) atoms. The first-order chi connectivity index (χ1) is 13.2. The largest absolute Gasteiger partial charge is 0.310 e. The van der Waals surface area contributed by atoms with E-state index in [1.807, 2.05) is 0 Å². The molecule has 0 bridgehead atoms. The maximum absolute atomic E-state index is 2.34. The van der Waals surface area contributed by atoms with Crippen LogP contribution >= 0.6 is 0 Å². The minimum Gasteiger partial charge on any atom is -0.310 e. The fraction of sp³-hybridized carbons (Fsp3) is 0.0769. The van der Waals surface area contributed by atoms with Crippen molar-refractivity contribution in [2.45, 2.75) is 13.8 Å². The van der Waals surface area contributed by atoms with Crippen LogP contribution in [0.3, 0.4) is 0 Å². The highest BCUT2D eigenvalue weighted by atomic mass is 15.1. The highest BCUT2D eigenvalue weighted by Gasteiger charge is 2.16. The van der Waals surface area contributed by atoms with Gasteiger partial charge in [-0.05, 0) is 55.3 Å². The summed E-state index contributed by atoms with van der Waals surface area (Å²) in [5, 5.41) is 0. The second-order valence-electron chi connectivity index (χ2n) is 6.89. The Morgan fingerprint density at radius 2 is 1.04 bits per heavy atom. The van der Waals surface area contributed by atoms with E-state index in [0.29, 0.717) is 0 Å². The second kappa shape index (κ2) is 7.51. The van der Waals surface area contributed by atoms with Crippen molar-refractivity contribution >= 4 is 17.1 Å². The molecule has 0 fully saturated rings. The lowest BCUT2D eigenvalue weighted by molar-refractivity contribution is 1.27. The summed E-state index contributed by atoms with van der Waals surface area (Å²) in [7, 11) is 0. The summed E-state index contributed by atoms with van der Waals surface area (Å²) in [6, 6.07) is 36.6. The van der Waals surface area contributed by atoms with Crippen LogP contribution in [0.1, 0.15) is 11.1 Å². The van der Waals surface area contributed by atoms with E-state index in [1.165, 1.54) is 27.9 Å². The molecule has 4 aromatic rings. The van der Waals surface area contributed by atoms with E-state index in [-0.39, 0.29) is 0 Å². The molecule has 1 heteroatoms. The first-order valence-corrected chi connectivity index (χ1v) is 9.30. The summed E-state index contributed by atoms with van der Waals surface area (Å²) < 4.78 is 0. The lowest BCUT2D eigenvalue weighted by atomic mass is 9.99. The summed E-state index contributed by atoms with van der Waals surface area (Å²) in [5.41, 5.74) is 8.48. The third kappa shape index (κ3) is 3.63. The van der Waals surface area contributed by atoms with Crippen molar-refractivity contribution in [3.8, 4) is 11.1 Å². The Morgan fingerprint density at radius 3 is 1.59 bits per heavy atom. The van der Waals surface area contributed by atoms with E-state index < -0.39 is 0 Å². The van der Waals surface area contributed by atoms with Gasteiger partial charge >= 0.3 is 0 Å². The number of nitrogens with zero attached hydrogens (tertiary/aromatic N) is 1. The average Bonchev–Trinajstić information content (AvgIpc) is 2.71. The molecule has 0 aliphatic carbocycles. The number of hydrogen-bond donors (Lipinski definition) is 0. The number of anilines is 3. The fourth-order valence-electron chi connectivity index (χ4n) is 3.39. The Labute approximate surface area is 161 Å². The molecule has 132 valence electrons. The molecule has 0 N–H and O–H groups in total. The Balaban J connectivity index is 1.95. The second-order valence-corrected chi connectivity index (χ2v) is 6.89. The summed E-state index contributed by atoms with van der Waals surface area (Å²) in [5.74, 6) is 0. The van der Waals surface area contributed by atoms with Gasteiger partial charge in [0.15, 0.2) is 0 Å².